The van der Waals surface area contributed by atoms with Crippen LogP contribution in [-0.4, -0.2) is 15.8 Å². The van der Waals surface area contributed by atoms with Gasteiger partial charge in [0.2, 0.25) is 0 Å². The maximum atomic E-state index is 11.8. The van der Waals surface area contributed by atoms with Gasteiger partial charge in [-0.25, -0.2) is 9.97 Å². The zero-order chi connectivity index (χ0) is 10.7. The molecule has 2 aromatic rings. The molecule has 2 heterocycles. The summed E-state index contributed by atoms with van der Waals surface area (Å²) in [6, 6.07) is 3.57. The first-order valence-corrected chi connectivity index (χ1v) is 5.95. The molecule has 0 bridgehead atoms. The van der Waals surface area contributed by atoms with Gasteiger partial charge in [-0.15, -0.1) is 11.3 Å². The number of carbonyl (C=O) groups is 1. The molecule has 2 aromatic heterocycles. The average Bonchev–Trinajstić information content (AvgIpc) is 2.66. The molecular formula is C10H7BrN2OS. The predicted molar refractivity (Wildman–Crippen MR) is 62.1 cm³/mol. The molecule has 0 N–H and O–H groups in total. The highest BCUT2D eigenvalue weighted by molar-refractivity contribution is 9.10. The van der Waals surface area contributed by atoms with Crippen molar-refractivity contribution in [1.82, 2.24) is 9.97 Å². The van der Waals surface area contributed by atoms with Gasteiger partial charge in [0.15, 0.2) is 5.78 Å². The normalized spacial score (nSPS) is 10.2. The summed E-state index contributed by atoms with van der Waals surface area (Å²) in [5, 5.41) is 1.95. The van der Waals surface area contributed by atoms with Gasteiger partial charge in [-0.1, -0.05) is 0 Å². The molecule has 0 atom stereocenters. The maximum Gasteiger partial charge on any atom is 0.186 e. The van der Waals surface area contributed by atoms with Crippen LogP contribution in [0.25, 0.3) is 0 Å². The van der Waals surface area contributed by atoms with Gasteiger partial charge < -0.3 is 0 Å². The van der Waals surface area contributed by atoms with E-state index in [0.717, 1.165) is 9.35 Å². The summed E-state index contributed by atoms with van der Waals surface area (Å²) < 4.78 is 0.981. The fourth-order valence-electron chi connectivity index (χ4n) is 1.14. The Hall–Kier alpha value is -1.07. The molecule has 0 radical (unpaired) electrons. The number of ketones is 1. The number of nitrogens with zero attached hydrogens (tertiary/aromatic N) is 2. The number of halogens is 1. The van der Waals surface area contributed by atoms with Crippen molar-refractivity contribution in [3.05, 3.63) is 45.1 Å². The van der Waals surface area contributed by atoms with E-state index in [1.165, 1.54) is 6.33 Å². The van der Waals surface area contributed by atoms with E-state index in [9.17, 15) is 4.79 Å². The topological polar surface area (TPSA) is 42.9 Å². The Bertz CT molecular complexity index is 469. The third-order valence-electron chi connectivity index (χ3n) is 1.88. The molecule has 0 unspecified atom stereocenters. The average molecular weight is 283 g/mol. The number of aromatic nitrogens is 2. The first-order chi connectivity index (χ1) is 7.27. The van der Waals surface area contributed by atoms with E-state index in [0.29, 0.717) is 12.1 Å². The van der Waals surface area contributed by atoms with Gasteiger partial charge in [0.1, 0.15) is 12.0 Å². The van der Waals surface area contributed by atoms with Gasteiger partial charge in [-0.2, -0.15) is 0 Å². The summed E-state index contributed by atoms with van der Waals surface area (Å²) in [7, 11) is 0. The summed E-state index contributed by atoms with van der Waals surface area (Å²) in [6.45, 7) is 0. The van der Waals surface area contributed by atoms with Crippen LogP contribution in [0.3, 0.4) is 0 Å². The fraction of sp³-hybridized carbons (Fsp3) is 0.100. The molecule has 0 amide bonds. The van der Waals surface area contributed by atoms with Crippen molar-refractivity contribution in [2.24, 2.45) is 0 Å². The second-order valence-electron chi connectivity index (χ2n) is 2.89. The van der Waals surface area contributed by atoms with Gasteiger partial charge in [0, 0.05) is 22.0 Å². The third-order valence-corrected chi connectivity index (χ3v) is 3.81. The van der Waals surface area contributed by atoms with E-state index in [2.05, 4.69) is 25.9 Å². The Morgan fingerprint density at radius 2 is 2.33 bits per heavy atom. The predicted octanol–water partition coefficient (Wildman–Crippen LogP) is 2.73. The Kier molecular flexibility index (Phi) is 3.23. The monoisotopic (exact) mass is 282 g/mol. The summed E-state index contributed by atoms with van der Waals surface area (Å²) in [4.78, 5) is 20.5. The molecular weight excluding hydrogens is 276 g/mol. The van der Waals surface area contributed by atoms with Gasteiger partial charge in [-0.05, 0) is 33.4 Å². The minimum Gasteiger partial charge on any atom is -0.292 e. The van der Waals surface area contributed by atoms with E-state index in [4.69, 9.17) is 0 Å². The fourth-order valence-corrected chi connectivity index (χ4v) is 2.63. The summed E-state index contributed by atoms with van der Waals surface area (Å²) in [5.41, 5.74) is 0.463. The molecule has 0 aromatic carbocycles. The van der Waals surface area contributed by atoms with Gasteiger partial charge in [0.25, 0.3) is 0 Å². The molecule has 3 nitrogen and oxygen atoms in total. The SMILES string of the molecule is O=C(Cc1sccc1Br)c1ccncn1. The van der Waals surface area contributed by atoms with Crippen LogP contribution >= 0.6 is 27.3 Å². The molecule has 0 fully saturated rings. The zero-order valence-corrected chi connectivity index (χ0v) is 10.1. The maximum absolute atomic E-state index is 11.8. The van der Waals surface area contributed by atoms with E-state index >= 15 is 0 Å². The smallest absolute Gasteiger partial charge is 0.186 e. The van der Waals surface area contributed by atoms with Crippen molar-refractivity contribution in [3.8, 4) is 0 Å². The Morgan fingerprint density at radius 1 is 1.47 bits per heavy atom. The van der Waals surface area contributed by atoms with Crippen molar-refractivity contribution in [2.45, 2.75) is 6.42 Å². The molecule has 15 heavy (non-hydrogen) atoms. The van der Waals surface area contributed by atoms with Crippen LogP contribution in [-0.2, 0) is 6.42 Å². The molecule has 0 aliphatic rings. The van der Waals surface area contributed by atoms with Crippen LogP contribution in [0.2, 0.25) is 0 Å². The Balaban J connectivity index is 2.15. The molecule has 0 saturated carbocycles. The lowest BCUT2D eigenvalue weighted by Gasteiger charge is -1.97. The number of rotatable bonds is 3. The number of thiophene rings is 1. The lowest BCUT2D eigenvalue weighted by molar-refractivity contribution is 0.0988. The van der Waals surface area contributed by atoms with Crippen LogP contribution in [0.1, 0.15) is 15.4 Å². The molecule has 0 spiro atoms. The standard InChI is InChI=1S/C10H7BrN2OS/c11-7-2-4-15-10(7)5-9(14)8-1-3-12-6-13-8/h1-4,6H,5H2. The van der Waals surface area contributed by atoms with Gasteiger partial charge >= 0.3 is 0 Å². The highest BCUT2D eigenvalue weighted by Gasteiger charge is 2.11. The Morgan fingerprint density at radius 3 is 2.93 bits per heavy atom. The van der Waals surface area contributed by atoms with Crippen molar-refractivity contribution in [1.29, 1.82) is 0 Å². The Labute approximate surface area is 99.3 Å². The van der Waals surface area contributed by atoms with E-state index in [-0.39, 0.29) is 5.78 Å². The lowest BCUT2D eigenvalue weighted by atomic mass is 10.2. The summed E-state index contributed by atoms with van der Waals surface area (Å²) in [6.07, 6.45) is 3.34. The van der Waals surface area contributed by atoms with Gasteiger partial charge in [-0.3, -0.25) is 4.79 Å². The number of Topliss-reactive ketones (excluding diaryl/α,β-unsaturated/α-hetero) is 1. The minimum absolute atomic E-state index is 0.0144. The van der Waals surface area contributed by atoms with Crippen LogP contribution in [0.4, 0.5) is 0 Å². The van der Waals surface area contributed by atoms with Crippen molar-refractivity contribution in [2.75, 3.05) is 0 Å². The molecule has 76 valence electrons. The van der Waals surface area contributed by atoms with Crippen LogP contribution in [0.15, 0.2) is 34.5 Å². The van der Waals surface area contributed by atoms with Gasteiger partial charge in [0.05, 0.1) is 0 Å². The second-order valence-corrected chi connectivity index (χ2v) is 4.74. The molecule has 0 aliphatic heterocycles. The molecule has 2 rings (SSSR count). The first-order valence-electron chi connectivity index (χ1n) is 4.28. The third kappa shape index (κ3) is 2.49. The van der Waals surface area contributed by atoms with Crippen molar-refractivity contribution >= 4 is 33.0 Å². The molecule has 0 saturated heterocycles. The van der Waals surface area contributed by atoms with E-state index in [1.807, 2.05) is 11.4 Å². The quantitative estimate of drug-likeness (QED) is 0.813. The summed E-state index contributed by atoms with van der Waals surface area (Å²) >= 11 is 4.95. The van der Waals surface area contributed by atoms with Crippen LogP contribution in [0, 0.1) is 0 Å². The largest absolute Gasteiger partial charge is 0.292 e. The molecule has 0 aliphatic carbocycles. The minimum atomic E-state index is 0.0144. The summed E-state index contributed by atoms with van der Waals surface area (Å²) in [5.74, 6) is 0.0144. The lowest BCUT2D eigenvalue weighted by Crippen LogP contribution is -2.05. The highest BCUT2D eigenvalue weighted by Crippen LogP contribution is 2.23. The van der Waals surface area contributed by atoms with Crippen LogP contribution in [0.5, 0.6) is 0 Å². The molecule has 5 heteroatoms. The zero-order valence-electron chi connectivity index (χ0n) is 7.68. The van der Waals surface area contributed by atoms with Crippen LogP contribution < -0.4 is 0 Å². The van der Waals surface area contributed by atoms with Crippen molar-refractivity contribution in [3.63, 3.8) is 0 Å². The first kappa shape index (κ1) is 10.4. The second kappa shape index (κ2) is 4.63. The number of carbonyl (C=O) groups excluding carboxylic acids is 1. The number of hydrogen-bond donors (Lipinski definition) is 0. The number of hydrogen-bond acceptors (Lipinski definition) is 4. The van der Waals surface area contributed by atoms with E-state index < -0.39 is 0 Å². The van der Waals surface area contributed by atoms with E-state index in [1.54, 1.807) is 23.6 Å². The highest BCUT2D eigenvalue weighted by atomic mass is 79.9. The van der Waals surface area contributed by atoms with Crippen molar-refractivity contribution < 1.29 is 4.79 Å².